The number of allylic oxidation sites excluding steroid dienone is 2. The zero-order valence-corrected chi connectivity index (χ0v) is 8.35. The molecule has 0 aromatic rings. The average molecular weight is 206 g/mol. The maximum absolute atomic E-state index is 5.78. The molecule has 80 valence electrons. The third kappa shape index (κ3) is 1.56. The van der Waals surface area contributed by atoms with Crippen molar-refractivity contribution in [2.24, 2.45) is 0 Å². The van der Waals surface area contributed by atoms with Crippen molar-refractivity contribution < 1.29 is 9.47 Å². The van der Waals surface area contributed by atoms with E-state index in [1.165, 1.54) is 0 Å². The summed E-state index contributed by atoms with van der Waals surface area (Å²) in [6.45, 7) is 1.67. The van der Waals surface area contributed by atoms with E-state index in [2.05, 4.69) is 28.9 Å². The molecule has 2 heterocycles. The highest BCUT2D eigenvalue weighted by Crippen LogP contribution is 2.24. The van der Waals surface area contributed by atoms with Crippen LogP contribution in [0.15, 0.2) is 36.3 Å². The second-order valence-corrected chi connectivity index (χ2v) is 3.81. The fraction of sp³-hybridized carbons (Fsp3) is 0.455. The monoisotopic (exact) mass is 206 g/mol. The zero-order chi connectivity index (χ0) is 10.1. The standard InChI is InChI=1S/C11H14N2O2/c1-2-8(11-13-5-7-15-11)10-9(3-1)12-4-6-14-10/h1-3,5,7,9-13H,4,6H2. The summed E-state index contributed by atoms with van der Waals surface area (Å²) in [5.41, 5.74) is 1.15. The van der Waals surface area contributed by atoms with Gasteiger partial charge in [-0.05, 0) is 0 Å². The van der Waals surface area contributed by atoms with Gasteiger partial charge in [0.15, 0.2) is 6.23 Å². The summed E-state index contributed by atoms with van der Waals surface area (Å²) in [5.74, 6) is 0. The van der Waals surface area contributed by atoms with Crippen LogP contribution in [0.3, 0.4) is 0 Å². The Balaban J connectivity index is 1.80. The molecule has 3 unspecified atom stereocenters. The number of morpholine rings is 1. The van der Waals surface area contributed by atoms with E-state index in [-0.39, 0.29) is 18.4 Å². The number of hydrogen-bond donors (Lipinski definition) is 2. The molecule has 15 heavy (non-hydrogen) atoms. The van der Waals surface area contributed by atoms with Gasteiger partial charge in [-0.25, -0.2) is 0 Å². The van der Waals surface area contributed by atoms with E-state index >= 15 is 0 Å². The molecule has 0 spiro atoms. The maximum atomic E-state index is 5.78. The molecular formula is C11H14N2O2. The van der Waals surface area contributed by atoms with Crippen LogP contribution >= 0.6 is 0 Å². The van der Waals surface area contributed by atoms with Gasteiger partial charge in [0.05, 0.1) is 12.6 Å². The highest BCUT2D eigenvalue weighted by Gasteiger charge is 2.33. The van der Waals surface area contributed by atoms with Crippen LogP contribution in [0.4, 0.5) is 0 Å². The quantitative estimate of drug-likeness (QED) is 0.645. The lowest BCUT2D eigenvalue weighted by molar-refractivity contribution is 0.0142. The van der Waals surface area contributed by atoms with E-state index in [0.29, 0.717) is 0 Å². The van der Waals surface area contributed by atoms with Crippen molar-refractivity contribution in [2.75, 3.05) is 13.2 Å². The summed E-state index contributed by atoms with van der Waals surface area (Å²) in [5, 5.41) is 6.56. The Kier molecular flexibility index (Phi) is 2.23. The molecule has 2 aliphatic heterocycles. The summed E-state index contributed by atoms with van der Waals surface area (Å²) in [6.07, 6.45) is 9.78. The van der Waals surface area contributed by atoms with E-state index in [9.17, 15) is 0 Å². The number of fused-ring (bicyclic) bond motifs is 1. The summed E-state index contributed by atoms with van der Waals surface area (Å²) >= 11 is 0. The summed E-state index contributed by atoms with van der Waals surface area (Å²) < 4.78 is 11.2. The van der Waals surface area contributed by atoms with Gasteiger partial charge in [-0.3, -0.25) is 0 Å². The predicted octanol–water partition coefficient (Wildman–Crippen LogP) is 0.257. The summed E-state index contributed by atoms with van der Waals surface area (Å²) in [6, 6.07) is 0.282. The van der Waals surface area contributed by atoms with Gasteiger partial charge in [0.2, 0.25) is 0 Å². The normalized spacial score (nSPS) is 37.9. The third-order valence-corrected chi connectivity index (χ3v) is 2.87. The van der Waals surface area contributed by atoms with Gasteiger partial charge in [0.1, 0.15) is 12.4 Å². The Morgan fingerprint density at radius 2 is 2.40 bits per heavy atom. The Morgan fingerprint density at radius 3 is 3.27 bits per heavy atom. The van der Waals surface area contributed by atoms with Crippen LogP contribution in [0.5, 0.6) is 0 Å². The van der Waals surface area contributed by atoms with Crippen molar-refractivity contribution in [1.29, 1.82) is 0 Å². The van der Waals surface area contributed by atoms with Crippen molar-refractivity contribution in [3.8, 4) is 0 Å². The Morgan fingerprint density at radius 1 is 1.40 bits per heavy atom. The minimum absolute atomic E-state index is 0.0673. The number of nitrogens with one attached hydrogen (secondary N) is 2. The molecule has 1 aliphatic carbocycles. The Bertz CT molecular complexity index is 327. The highest BCUT2D eigenvalue weighted by atomic mass is 16.5. The molecule has 0 saturated carbocycles. The minimum Gasteiger partial charge on any atom is -0.473 e. The molecule has 4 nitrogen and oxygen atoms in total. The fourth-order valence-electron chi connectivity index (χ4n) is 2.17. The largest absolute Gasteiger partial charge is 0.473 e. The van der Waals surface area contributed by atoms with Crippen LogP contribution in [0.25, 0.3) is 0 Å². The van der Waals surface area contributed by atoms with Crippen LogP contribution in [0.2, 0.25) is 0 Å². The Labute approximate surface area is 88.6 Å². The number of hydrogen-bond acceptors (Lipinski definition) is 4. The SMILES string of the molecule is C1=CC2NCCOC2C(C2NC=CO2)=C1. The van der Waals surface area contributed by atoms with Gasteiger partial charge in [0.25, 0.3) is 0 Å². The average Bonchev–Trinajstić information content (AvgIpc) is 2.82. The van der Waals surface area contributed by atoms with Gasteiger partial charge in [-0.2, -0.15) is 0 Å². The first kappa shape index (κ1) is 9.00. The number of rotatable bonds is 1. The van der Waals surface area contributed by atoms with Crippen molar-refractivity contribution in [2.45, 2.75) is 18.4 Å². The van der Waals surface area contributed by atoms with E-state index in [4.69, 9.17) is 9.47 Å². The van der Waals surface area contributed by atoms with Crippen LogP contribution in [0, 0.1) is 0 Å². The molecular weight excluding hydrogens is 192 g/mol. The number of ether oxygens (including phenoxy) is 2. The van der Waals surface area contributed by atoms with Gasteiger partial charge in [-0.15, -0.1) is 0 Å². The molecule has 0 bridgehead atoms. The first-order valence-electron chi connectivity index (χ1n) is 5.25. The maximum Gasteiger partial charge on any atom is 0.194 e. The van der Waals surface area contributed by atoms with Gasteiger partial charge < -0.3 is 20.1 Å². The molecule has 0 amide bonds. The summed E-state index contributed by atoms with van der Waals surface area (Å²) in [7, 11) is 0. The molecule has 3 aliphatic rings. The van der Waals surface area contributed by atoms with E-state index in [0.717, 1.165) is 18.7 Å². The van der Waals surface area contributed by atoms with Crippen molar-refractivity contribution >= 4 is 0 Å². The molecule has 3 rings (SSSR count). The fourth-order valence-corrected chi connectivity index (χ4v) is 2.17. The topological polar surface area (TPSA) is 42.5 Å². The molecule has 0 aromatic heterocycles. The Hall–Kier alpha value is -1.26. The van der Waals surface area contributed by atoms with Crippen molar-refractivity contribution in [1.82, 2.24) is 10.6 Å². The van der Waals surface area contributed by atoms with E-state index < -0.39 is 0 Å². The molecule has 4 heteroatoms. The minimum atomic E-state index is -0.0673. The second-order valence-electron chi connectivity index (χ2n) is 3.81. The zero-order valence-electron chi connectivity index (χ0n) is 8.35. The molecule has 1 saturated heterocycles. The lowest BCUT2D eigenvalue weighted by Gasteiger charge is -2.36. The first-order chi connectivity index (χ1) is 7.45. The lowest BCUT2D eigenvalue weighted by atomic mass is 9.94. The molecule has 0 aromatic carbocycles. The van der Waals surface area contributed by atoms with E-state index in [1.807, 2.05) is 6.20 Å². The van der Waals surface area contributed by atoms with Gasteiger partial charge in [0, 0.05) is 18.3 Å². The smallest absolute Gasteiger partial charge is 0.194 e. The molecule has 3 atom stereocenters. The molecule has 2 N–H and O–H groups in total. The lowest BCUT2D eigenvalue weighted by Crippen LogP contribution is -2.51. The first-order valence-corrected chi connectivity index (χ1v) is 5.25. The van der Waals surface area contributed by atoms with Gasteiger partial charge in [-0.1, -0.05) is 18.2 Å². The van der Waals surface area contributed by atoms with Crippen LogP contribution in [0.1, 0.15) is 0 Å². The highest BCUT2D eigenvalue weighted by molar-refractivity contribution is 5.31. The van der Waals surface area contributed by atoms with Crippen LogP contribution in [-0.4, -0.2) is 31.5 Å². The second kappa shape index (κ2) is 3.72. The van der Waals surface area contributed by atoms with E-state index in [1.54, 1.807) is 6.26 Å². The van der Waals surface area contributed by atoms with Gasteiger partial charge >= 0.3 is 0 Å². The molecule has 1 fully saturated rings. The van der Waals surface area contributed by atoms with Crippen molar-refractivity contribution in [3.05, 3.63) is 36.3 Å². The van der Waals surface area contributed by atoms with Crippen LogP contribution < -0.4 is 10.6 Å². The van der Waals surface area contributed by atoms with Crippen LogP contribution in [-0.2, 0) is 9.47 Å². The van der Waals surface area contributed by atoms with Crippen molar-refractivity contribution in [3.63, 3.8) is 0 Å². The third-order valence-electron chi connectivity index (χ3n) is 2.87. The summed E-state index contributed by atoms with van der Waals surface area (Å²) in [4.78, 5) is 0. The predicted molar refractivity (Wildman–Crippen MR) is 55.9 cm³/mol. The molecule has 0 radical (unpaired) electrons.